The average molecular weight is 429 g/mol. The molecule has 1 aliphatic rings. The molecule has 3 aromatic rings. The Bertz CT molecular complexity index is 1140. The third-order valence-corrected chi connectivity index (χ3v) is 6.35. The number of ether oxygens (including phenoxy) is 2. The van der Waals surface area contributed by atoms with Crippen molar-refractivity contribution in [2.24, 2.45) is 0 Å². The van der Waals surface area contributed by atoms with E-state index < -0.39 is 0 Å². The highest BCUT2D eigenvalue weighted by molar-refractivity contribution is 7.20. The van der Waals surface area contributed by atoms with Crippen molar-refractivity contribution in [3.8, 4) is 5.88 Å². The number of fused-ring (bicyclic) bond motifs is 2. The van der Waals surface area contributed by atoms with Crippen LogP contribution < -0.4 is 15.6 Å². The number of aryl methyl sites for hydroxylation is 2. The number of nitrogens with zero attached hydrogens (tertiary/aromatic N) is 3. The number of rotatable bonds is 6. The maximum atomic E-state index is 13.1. The standard InChI is InChI=1S/C21H24N4O4S/c1-13-16-20(24-15-8-4-3-5-10-25(15)21(16)27)30-17(13)18(26)23-14-7-6-9-22-19(14)29-12-11-28-2/h6-7,9H,3-5,8,10-12H2,1-2H3,(H,23,26). The molecule has 0 spiro atoms. The smallest absolute Gasteiger partial charge is 0.266 e. The Hall–Kier alpha value is -2.78. The van der Waals surface area contributed by atoms with Gasteiger partial charge in [0.1, 0.15) is 22.9 Å². The molecule has 158 valence electrons. The molecule has 1 N–H and O–H groups in total. The van der Waals surface area contributed by atoms with Gasteiger partial charge in [-0.15, -0.1) is 11.3 Å². The lowest BCUT2D eigenvalue weighted by molar-refractivity contribution is 0.102. The molecule has 0 fully saturated rings. The summed E-state index contributed by atoms with van der Waals surface area (Å²) >= 11 is 1.25. The third kappa shape index (κ3) is 3.95. The molecule has 4 heterocycles. The summed E-state index contributed by atoms with van der Waals surface area (Å²) in [6.07, 6.45) is 5.50. The highest BCUT2D eigenvalue weighted by atomic mass is 32.1. The molecule has 0 aliphatic carbocycles. The quantitative estimate of drug-likeness (QED) is 0.606. The van der Waals surface area contributed by atoms with Gasteiger partial charge in [0, 0.05) is 26.3 Å². The van der Waals surface area contributed by atoms with Gasteiger partial charge in [-0.05, 0) is 37.5 Å². The van der Waals surface area contributed by atoms with Crippen molar-refractivity contribution < 1.29 is 14.3 Å². The van der Waals surface area contributed by atoms with Crippen molar-refractivity contribution in [3.63, 3.8) is 0 Å². The zero-order chi connectivity index (χ0) is 21.1. The highest BCUT2D eigenvalue weighted by Crippen LogP contribution is 2.30. The van der Waals surface area contributed by atoms with Crippen molar-refractivity contribution >= 4 is 33.1 Å². The van der Waals surface area contributed by atoms with Gasteiger partial charge in [-0.3, -0.25) is 14.2 Å². The van der Waals surface area contributed by atoms with Gasteiger partial charge in [0.2, 0.25) is 5.88 Å². The fourth-order valence-electron chi connectivity index (χ4n) is 3.63. The topological polar surface area (TPSA) is 95.3 Å². The zero-order valence-corrected chi connectivity index (χ0v) is 17.9. The Kier molecular flexibility index (Phi) is 6.10. The number of pyridine rings is 1. The number of anilines is 1. The molecule has 30 heavy (non-hydrogen) atoms. The number of aromatic nitrogens is 3. The van der Waals surface area contributed by atoms with Gasteiger partial charge in [0.15, 0.2) is 0 Å². The number of carbonyl (C=O) groups excluding carboxylic acids is 1. The molecule has 0 atom stereocenters. The van der Waals surface area contributed by atoms with Crippen LogP contribution in [0.25, 0.3) is 10.2 Å². The van der Waals surface area contributed by atoms with Crippen LogP contribution >= 0.6 is 11.3 Å². The summed E-state index contributed by atoms with van der Waals surface area (Å²) in [5.41, 5.74) is 1.08. The first kappa shape index (κ1) is 20.5. The number of hydrogen-bond acceptors (Lipinski definition) is 7. The fraction of sp³-hybridized carbons (Fsp3) is 0.429. The minimum Gasteiger partial charge on any atom is -0.474 e. The lowest BCUT2D eigenvalue weighted by atomic mass is 10.2. The number of carbonyl (C=O) groups is 1. The summed E-state index contributed by atoms with van der Waals surface area (Å²) in [7, 11) is 1.59. The van der Waals surface area contributed by atoms with E-state index in [1.165, 1.54) is 11.3 Å². The van der Waals surface area contributed by atoms with E-state index in [1.54, 1.807) is 36.9 Å². The molecule has 0 saturated heterocycles. The second-order valence-corrected chi connectivity index (χ2v) is 8.18. The first-order valence-electron chi connectivity index (χ1n) is 10.0. The van der Waals surface area contributed by atoms with E-state index in [0.717, 1.165) is 31.5 Å². The Morgan fingerprint density at radius 1 is 1.30 bits per heavy atom. The van der Waals surface area contributed by atoms with Crippen LogP contribution in [0.3, 0.4) is 0 Å². The minimum atomic E-state index is -0.306. The molecule has 9 heteroatoms. The zero-order valence-electron chi connectivity index (χ0n) is 17.1. The van der Waals surface area contributed by atoms with Crippen LogP contribution in [-0.4, -0.2) is 40.8 Å². The first-order valence-corrected chi connectivity index (χ1v) is 10.8. The molecule has 0 saturated carbocycles. The Morgan fingerprint density at radius 3 is 3.00 bits per heavy atom. The molecule has 1 amide bonds. The molecular formula is C21H24N4O4S. The average Bonchev–Trinajstić information content (AvgIpc) is 2.91. The van der Waals surface area contributed by atoms with Gasteiger partial charge in [0.25, 0.3) is 11.5 Å². The maximum absolute atomic E-state index is 13.1. The van der Waals surface area contributed by atoms with Gasteiger partial charge < -0.3 is 14.8 Å². The lowest BCUT2D eigenvalue weighted by Gasteiger charge is -2.10. The van der Waals surface area contributed by atoms with Crippen molar-refractivity contribution in [1.82, 2.24) is 14.5 Å². The molecular weight excluding hydrogens is 404 g/mol. The summed E-state index contributed by atoms with van der Waals surface area (Å²) in [4.78, 5) is 36.1. The number of methoxy groups -OCH3 is 1. The number of amides is 1. The van der Waals surface area contributed by atoms with Crippen LogP contribution in [-0.2, 0) is 17.7 Å². The van der Waals surface area contributed by atoms with Gasteiger partial charge >= 0.3 is 0 Å². The minimum absolute atomic E-state index is 0.0466. The van der Waals surface area contributed by atoms with Gasteiger partial charge in [-0.25, -0.2) is 9.97 Å². The molecule has 0 radical (unpaired) electrons. The molecule has 1 aliphatic heterocycles. The molecule has 4 rings (SSSR count). The highest BCUT2D eigenvalue weighted by Gasteiger charge is 2.23. The van der Waals surface area contributed by atoms with Crippen LogP contribution in [0.1, 0.15) is 40.3 Å². The van der Waals surface area contributed by atoms with Crippen LogP contribution in [0.2, 0.25) is 0 Å². The van der Waals surface area contributed by atoms with Crippen LogP contribution in [0.5, 0.6) is 5.88 Å². The van der Waals surface area contributed by atoms with E-state index in [-0.39, 0.29) is 11.5 Å². The molecule has 0 bridgehead atoms. The van der Waals surface area contributed by atoms with E-state index in [9.17, 15) is 9.59 Å². The monoisotopic (exact) mass is 428 g/mol. The van der Waals surface area contributed by atoms with E-state index >= 15 is 0 Å². The molecule has 8 nitrogen and oxygen atoms in total. The van der Waals surface area contributed by atoms with Crippen LogP contribution in [0.15, 0.2) is 23.1 Å². The van der Waals surface area contributed by atoms with Crippen molar-refractivity contribution in [1.29, 1.82) is 0 Å². The van der Waals surface area contributed by atoms with Crippen molar-refractivity contribution in [3.05, 3.63) is 44.9 Å². The first-order chi connectivity index (χ1) is 14.6. The van der Waals surface area contributed by atoms with Crippen molar-refractivity contribution in [2.45, 2.75) is 39.2 Å². The summed E-state index contributed by atoms with van der Waals surface area (Å²) in [5, 5.41) is 3.40. The Balaban J connectivity index is 1.66. The van der Waals surface area contributed by atoms with Crippen LogP contribution in [0.4, 0.5) is 5.69 Å². The molecule has 3 aromatic heterocycles. The van der Waals surface area contributed by atoms with E-state index in [0.29, 0.717) is 52.0 Å². The summed E-state index contributed by atoms with van der Waals surface area (Å²) < 4.78 is 12.4. The Morgan fingerprint density at radius 2 is 2.17 bits per heavy atom. The molecule has 0 unspecified atom stereocenters. The van der Waals surface area contributed by atoms with Gasteiger partial charge in [0.05, 0.1) is 16.9 Å². The lowest BCUT2D eigenvalue weighted by Crippen LogP contribution is -2.24. The predicted octanol–water partition coefficient (Wildman–Crippen LogP) is 3.17. The number of nitrogens with one attached hydrogen (secondary N) is 1. The number of hydrogen-bond donors (Lipinski definition) is 1. The second kappa shape index (κ2) is 8.93. The Labute approximate surface area is 177 Å². The van der Waals surface area contributed by atoms with E-state index in [1.807, 2.05) is 0 Å². The third-order valence-electron chi connectivity index (χ3n) is 5.16. The van der Waals surface area contributed by atoms with Gasteiger partial charge in [-0.1, -0.05) is 6.42 Å². The summed E-state index contributed by atoms with van der Waals surface area (Å²) in [6.45, 7) is 3.23. The van der Waals surface area contributed by atoms with Gasteiger partial charge in [-0.2, -0.15) is 0 Å². The fourth-order valence-corrected chi connectivity index (χ4v) is 4.71. The predicted molar refractivity (Wildman–Crippen MR) is 116 cm³/mol. The second-order valence-electron chi connectivity index (χ2n) is 7.18. The maximum Gasteiger partial charge on any atom is 0.266 e. The van der Waals surface area contributed by atoms with E-state index in [2.05, 4.69) is 10.3 Å². The summed E-state index contributed by atoms with van der Waals surface area (Å²) in [6, 6.07) is 3.45. The van der Waals surface area contributed by atoms with E-state index in [4.69, 9.17) is 14.5 Å². The van der Waals surface area contributed by atoms with Crippen molar-refractivity contribution in [2.75, 3.05) is 25.6 Å². The largest absolute Gasteiger partial charge is 0.474 e. The normalized spacial score (nSPS) is 13.7. The van der Waals surface area contributed by atoms with Crippen LogP contribution in [0, 0.1) is 6.92 Å². The summed E-state index contributed by atoms with van der Waals surface area (Å²) in [5.74, 6) is 0.838. The molecule has 0 aromatic carbocycles. The SMILES string of the molecule is COCCOc1ncccc1NC(=O)c1sc2nc3n(c(=O)c2c1C)CCCCC3. The number of thiophene rings is 1.